The quantitative estimate of drug-likeness (QED) is 0.292. The molecule has 2 amide bonds. The van der Waals surface area contributed by atoms with E-state index in [9.17, 15) is 19.5 Å². The molecular formula is C27H22N2O4S. The minimum Gasteiger partial charge on any atom is -0.478 e. The van der Waals surface area contributed by atoms with Gasteiger partial charge in [-0.2, -0.15) is 0 Å². The maximum Gasteiger partial charge on any atom is 0.336 e. The van der Waals surface area contributed by atoms with Crippen LogP contribution in [0.3, 0.4) is 0 Å². The van der Waals surface area contributed by atoms with Gasteiger partial charge in [0, 0.05) is 16.3 Å². The van der Waals surface area contributed by atoms with Crippen LogP contribution < -0.4 is 10.6 Å². The van der Waals surface area contributed by atoms with Gasteiger partial charge in [-0.1, -0.05) is 42.5 Å². The number of carbonyl (C=O) groups excluding carboxylic acids is 2. The molecule has 6 nitrogen and oxygen atoms in total. The van der Waals surface area contributed by atoms with Crippen LogP contribution in [0.1, 0.15) is 27.6 Å². The first-order chi connectivity index (χ1) is 16.4. The molecule has 0 heterocycles. The van der Waals surface area contributed by atoms with Gasteiger partial charge in [-0.3, -0.25) is 9.59 Å². The summed E-state index contributed by atoms with van der Waals surface area (Å²) in [5, 5.41) is 16.8. The normalized spacial score (nSPS) is 11.6. The lowest BCUT2D eigenvalue weighted by Gasteiger charge is -2.13. The van der Waals surface area contributed by atoms with E-state index in [0.717, 1.165) is 21.4 Å². The lowest BCUT2D eigenvalue weighted by molar-refractivity contribution is -0.115. The number of amides is 2. The number of carboxylic acid groups (broad SMARTS) is 1. The van der Waals surface area contributed by atoms with Gasteiger partial charge >= 0.3 is 5.97 Å². The number of thioether (sulfide) groups is 1. The number of nitrogens with one attached hydrogen (secondary N) is 2. The molecule has 0 aliphatic carbocycles. The van der Waals surface area contributed by atoms with Crippen molar-refractivity contribution in [2.45, 2.75) is 17.1 Å². The highest BCUT2D eigenvalue weighted by Gasteiger charge is 2.17. The van der Waals surface area contributed by atoms with Gasteiger partial charge in [0.1, 0.15) is 0 Å². The van der Waals surface area contributed by atoms with E-state index in [1.165, 1.54) is 23.9 Å². The third-order valence-electron chi connectivity index (χ3n) is 5.21. The van der Waals surface area contributed by atoms with Crippen molar-refractivity contribution in [3.63, 3.8) is 0 Å². The summed E-state index contributed by atoms with van der Waals surface area (Å²) in [5.41, 5.74) is 1.31. The van der Waals surface area contributed by atoms with E-state index in [4.69, 9.17) is 0 Å². The molecule has 0 saturated heterocycles. The molecule has 170 valence electrons. The van der Waals surface area contributed by atoms with Crippen molar-refractivity contribution in [2.24, 2.45) is 0 Å². The predicted molar refractivity (Wildman–Crippen MR) is 136 cm³/mol. The fourth-order valence-electron chi connectivity index (χ4n) is 3.45. The Bertz CT molecular complexity index is 1370. The smallest absolute Gasteiger partial charge is 0.336 e. The molecule has 4 rings (SSSR count). The minimum absolute atomic E-state index is 0.0570. The summed E-state index contributed by atoms with van der Waals surface area (Å²) in [6.07, 6.45) is 0. The van der Waals surface area contributed by atoms with E-state index in [0.29, 0.717) is 5.69 Å². The van der Waals surface area contributed by atoms with Crippen molar-refractivity contribution < 1.29 is 19.5 Å². The first-order valence-electron chi connectivity index (χ1n) is 10.6. The molecule has 7 heteroatoms. The highest BCUT2D eigenvalue weighted by Crippen LogP contribution is 2.27. The Labute approximate surface area is 201 Å². The Hall–Kier alpha value is -4.10. The zero-order chi connectivity index (χ0) is 24.1. The molecule has 0 aromatic heterocycles. The van der Waals surface area contributed by atoms with Crippen LogP contribution in [0, 0.1) is 0 Å². The average Bonchev–Trinajstić information content (AvgIpc) is 2.85. The Kier molecular flexibility index (Phi) is 6.94. The highest BCUT2D eigenvalue weighted by atomic mass is 32.2. The summed E-state index contributed by atoms with van der Waals surface area (Å²) in [6.45, 7) is 1.83. The van der Waals surface area contributed by atoms with Crippen LogP contribution >= 0.6 is 11.8 Å². The Morgan fingerprint density at radius 2 is 1.35 bits per heavy atom. The number of hydrogen-bond donors (Lipinski definition) is 3. The molecule has 34 heavy (non-hydrogen) atoms. The number of benzene rings is 4. The molecule has 0 aliphatic heterocycles. The standard InChI is InChI=1S/C27H22N2O4S/c1-17(25(30)29-21-11-10-18-6-2-3-7-19(18)16-21)34-22-14-12-20(13-15-22)28-26(31)23-8-4-5-9-24(23)27(32)33/h2-17H,1H3,(H,28,31)(H,29,30)(H,32,33). The number of carboxylic acids is 1. The van der Waals surface area contributed by atoms with Crippen LogP contribution in [-0.2, 0) is 4.79 Å². The van der Waals surface area contributed by atoms with Crippen molar-refractivity contribution in [2.75, 3.05) is 10.6 Å². The van der Waals surface area contributed by atoms with Gasteiger partial charge in [-0.25, -0.2) is 4.79 Å². The van der Waals surface area contributed by atoms with Gasteiger partial charge in [0.25, 0.3) is 5.91 Å². The van der Waals surface area contributed by atoms with Gasteiger partial charge in [0.05, 0.1) is 16.4 Å². The first-order valence-corrected chi connectivity index (χ1v) is 11.5. The fourth-order valence-corrected chi connectivity index (χ4v) is 4.32. The zero-order valence-corrected chi connectivity index (χ0v) is 19.1. The second kappa shape index (κ2) is 10.2. The second-order valence-corrected chi connectivity index (χ2v) is 9.05. The van der Waals surface area contributed by atoms with Crippen LogP contribution in [-0.4, -0.2) is 28.1 Å². The molecule has 3 N–H and O–H groups in total. The lowest BCUT2D eigenvalue weighted by Crippen LogP contribution is -2.22. The molecule has 4 aromatic carbocycles. The van der Waals surface area contributed by atoms with Crippen molar-refractivity contribution in [3.05, 3.63) is 102 Å². The number of hydrogen-bond acceptors (Lipinski definition) is 4. The van der Waals surface area contributed by atoms with Crippen LogP contribution in [0.25, 0.3) is 10.8 Å². The van der Waals surface area contributed by atoms with Crippen molar-refractivity contribution in [3.8, 4) is 0 Å². The van der Waals surface area contributed by atoms with E-state index in [1.807, 2.05) is 61.5 Å². The van der Waals surface area contributed by atoms with Gasteiger partial charge in [-0.15, -0.1) is 11.8 Å². The van der Waals surface area contributed by atoms with Gasteiger partial charge in [0.15, 0.2) is 0 Å². The third kappa shape index (κ3) is 5.44. The summed E-state index contributed by atoms with van der Waals surface area (Å²) >= 11 is 1.40. The predicted octanol–water partition coefficient (Wildman–Crippen LogP) is 5.91. The summed E-state index contributed by atoms with van der Waals surface area (Å²) in [5.74, 6) is -1.77. The largest absolute Gasteiger partial charge is 0.478 e. The molecular weight excluding hydrogens is 448 g/mol. The van der Waals surface area contributed by atoms with E-state index in [-0.39, 0.29) is 22.3 Å². The van der Waals surface area contributed by atoms with Crippen LogP contribution in [0.4, 0.5) is 11.4 Å². The Morgan fingerprint density at radius 1 is 0.735 bits per heavy atom. The lowest BCUT2D eigenvalue weighted by atomic mass is 10.1. The number of fused-ring (bicyclic) bond motifs is 1. The third-order valence-corrected chi connectivity index (χ3v) is 6.33. The van der Waals surface area contributed by atoms with E-state index in [1.54, 1.807) is 24.3 Å². The number of aromatic carboxylic acids is 1. The molecule has 1 unspecified atom stereocenters. The summed E-state index contributed by atoms with van der Waals surface area (Å²) < 4.78 is 0. The second-order valence-electron chi connectivity index (χ2n) is 7.64. The number of rotatable bonds is 7. The van der Waals surface area contributed by atoms with Crippen LogP contribution in [0.5, 0.6) is 0 Å². The summed E-state index contributed by atoms with van der Waals surface area (Å²) in [4.78, 5) is 37.4. The summed E-state index contributed by atoms with van der Waals surface area (Å²) in [7, 11) is 0. The average molecular weight is 471 g/mol. The molecule has 0 fully saturated rings. The minimum atomic E-state index is -1.16. The van der Waals surface area contributed by atoms with E-state index < -0.39 is 11.9 Å². The van der Waals surface area contributed by atoms with Crippen molar-refractivity contribution >= 4 is 51.7 Å². The molecule has 0 saturated carbocycles. The summed E-state index contributed by atoms with van der Waals surface area (Å²) in [6, 6.07) is 26.9. The molecule has 0 aliphatic rings. The SMILES string of the molecule is CC(Sc1ccc(NC(=O)c2ccccc2C(=O)O)cc1)C(=O)Nc1ccc2ccccc2c1. The van der Waals surface area contributed by atoms with Crippen molar-refractivity contribution in [1.82, 2.24) is 0 Å². The van der Waals surface area contributed by atoms with Crippen LogP contribution in [0.15, 0.2) is 95.9 Å². The highest BCUT2D eigenvalue weighted by molar-refractivity contribution is 8.00. The Morgan fingerprint density at radius 3 is 2.06 bits per heavy atom. The number of anilines is 2. The topological polar surface area (TPSA) is 95.5 Å². The van der Waals surface area contributed by atoms with Gasteiger partial charge in [-0.05, 0) is 66.2 Å². The molecule has 1 atom stereocenters. The van der Waals surface area contributed by atoms with E-state index >= 15 is 0 Å². The van der Waals surface area contributed by atoms with Gasteiger partial charge < -0.3 is 15.7 Å². The molecule has 0 bridgehead atoms. The van der Waals surface area contributed by atoms with E-state index in [2.05, 4.69) is 10.6 Å². The maximum atomic E-state index is 12.7. The molecule has 0 spiro atoms. The zero-order valence-electron chi connectivity index (χ0n) is 18.3. The molecule has 0 radical (unpaired) electrons. The maximum absolute atomic E-state index is 12.7. The fraction of sp³-hybridized carbons (Fsp3) is 0.0741. The van der Waals surface area contributed by atoms with Gasteiger partial charge in [0.2, 0.25) is 5.91 Å². The Balaban J connectivity index is 1.36. The van der Waals surface area contributed by atoms with Crippen LogP contribution in [0.2, 0.25) is 0 Å². The first kappa shape index (κ1) is 23.1. The molecule has 4 aromatic rings. The van der Waals surface area contributed by atoms with Crippen molar-refractivity contribution in [1.29, 1.82) is 0 Å². The number of carbonyl (C=O) groups is 3. The monoisotopic (exact) mass is 470 g/mol.